The lowest BCUT2D eigenvalue weighted by Crippen LogP contribution is -2.28. The number of aryl methyl sites for hydroxylation is 2. The van der Waals surface area contributed by atoms with Gasteiger partial charge in [-0.05, 0) is 25.0 Å². The number of hydrogen-bond donors (Lipinski definition) is 1. The van der Waals surface area contributed by atoms with Crippen molar-refractivity contribution in [2.24, 2.45) is 0 Å². The molecule has 1 fully saturated rings. The van der Waals surface area contributed by atoms with Crippen molar-refractivity contribution < 1.29 is 28.0 Å². The molecule has 2 aliphatic heterocycles. The quantitative estimate of drug-likeness (QED) is 0.768. The van der Waals surface area contributed by atoms with Crippen LogP contribution >= 0.6 is 7.82 Å². The van der Waals surface area contributed by atoms with Crippen molar-refractivity contribution in [3.63, 3.8) is 0 Å². The number of aromatic nitrogens is 2. The first-order chi connectivity index (χ1) is 13.3. The summed E-state index contributed by atoms with van der Waals surface area (Å²) in [5.74, 6) is 0.486. The number of para-hydroxylation sites is 1. The van der Waals surface area contributed by atoms with Crippen LogP contribution in [0.25, 0.3) is 0 Å². The maximum absolute atomic E-state index is 12.8. The molecular weight excluding hydrogens is 387 g/mol. The third-order valence-corrected chi connectivity index (χ3v) is 6.05. The summed E-state index contributed by atoms with van der Waals surface area (Å²) < 4.78 is 36.1. The van der Waals surface area contributed by atoms with E-state index in [0.717, 1.165) is 16.7 Å². The minimum absolute atomic E-state index is 0.106. The van der Waals surface area contributed by atoms with Crippen molar-refractivity contribution in [2.45, 2.75) is 45.3 Å². The normalized spacial score (nSPS) is 29.3. The van der Waals surface area contributed by atoms with Crippen LogP contribution in [-0.4, -0.2) is 33.5 Å². The molecule has 1 N–H and O–H groups in total. The van der Waals surface area contributed by atoms with Crippen LogP contribution < -0.4 is 10.2 Å². The fourth-order valence-electron chi connectivity index (χ4n) is 3.25. The summed E-state index contributed by atoms with van der Waals surface area (Å²) in [6.07, 6.45) is 0.906. The average Bonchev–Trinajstić information content (AvgIpc) is 3.04. The molecule has 0 aliphatic carbocycles. The van der Waals surface area contributed by atoms with Crippen LogP contribution in [-0.2, 0) is 25.0 Å². The Hall–Kier alpha value is -2.03. The number of rotatable bonds is 4. The molecule has 1 aromatic heterocycles. The summed E-state index contributed by atoms with van der Waals surface area (Å²) in [5, 5.41) is 10.3. The van der Waals surface area contributed by atoms with E-state index >= 15 is 0 Å². The van der Waals surface area contributed by atoms with Gasteiger partial charge in [0.1, 0.15) is 18.1 Å². The molecule has 1 saturated heterocycles. The number of phosphoric ester groups is 1. The molecular formula is C18H21N2O7P. The molecule has 4 atom stereocenters. The van der Waals surface area contributed by atoms with Gasteiger partial charge < -0.3 is 14.4 Å². The first-order valence-electron chi connectivity index (χ1n) is 8.90. The summed E-state index contributed by atoms with van der Waals surface area (Å²) >= 11 is 0. The molecule has 0 saturated carbocycles. The second kappa shape index (κ2) is 7.42. The van der Waals surface area contributed by atoms with Gasteiger partial charge in [0.05, 0.1) is 19.3 Å². The van der Waals surface area contributed by atoms with Gasteiger partial charge in [0.25, 0.3) is 0 Å². The molecule has 0 radical (unpaired) electrons. The highest BCUT2D eigenvalue weighted by Crippen LogP contribution is 2.55. The molecule has 1 unspecified atom stereocenters. The Kier molecular flexibility index (Phi) is 5.11. The molecule has 28 heavy (non-hydrogen) atoms. The zero-order valence-corrected chi connectivity index (χ0v) is 16.4. The van der Waals surface area contributed by atoms with Crippen LogP contribution in [0.5, 0.6) is 5.75 Å². The van der Waals surface area contributed by atoms with Gasteiger partial charge in [-0.1, -0.05) is 18.2 Å². The van der Waals surface area contributed by atoms with E-state index in [1.54, 1.807) is 13.1 Å². The third kappa shape index (κ3) is 3.76. The molecule has 9 nitrogen and oxygen atoms in total. The lowest BCUT2D eigenvalue weighted by molar-refractivity contribution is -0.0468. The van der Waals surface area contributed by atoms with E-state index in [1.165, 1.54) is 10.8 Å². The predicted molar refractivity (Wildman–Crippen MR) is 97.9 cm³/mol. The van der Waals surface area contributed by atoms with Crippen LogP contribution in [0.1, 0.15) is 29.3 Å². The standard InChI is InChI=1S/C18H21N2O7P/c1-11-7-19-18(22)20(8-11)16-6-14(21)15(26-16)10-25-28(23)24-9-13-5-3-4-12(2)17(13)27-28/h3-5,7-8,14-16,21H,6,9-10H2,1-2H3/t14-,15+,16+,28?/m0/s1. The Balaban J connectivity index is 1.43. The SMILES string of the molecule is Cc1cnc(=O)n([C@H]2C[C@H](O)[C@@H](COP3(=O)OCc4cccc(C)c4O3)O2)c1. The fraction of sp³-hybridized carbons (Fsp3) is 0.444. The monoisotopic (exact) mass is 408 g/mol. The van der Waals surface area contributed by atoms with Gasteiger partial charge in [0.15, 0.2) is 0 Å². The van der Waals surface area contributed by atoms with E-state index < -0.39 is 31.9 Å². The molecule has 2 aromatic rings. The van der Waals surface area contributed by atoms with Crippen molar-refractivity contribution in [2.75, 3.05) is 6.61 Å². The topological polar surface area (TPSA) is 109 Å². The zero-order chi connectivity index (χ0) is 19.9. The van der Waals surface area contributed by atoms with E-state index in [-0.39, 0.29) is 19.6 Å². The maximum Gasteiger partial charge on any atom is 0.530 e. The molecule has 2 aliphatic rings. The highest BCUT2D eigenvalue weighted by molar-refractivity contribution is 7.49. The zero-order valence-electron chi connectivity index (χ0n) is 15.5. The predicted octanol–water partition coefficient (Wildman–Crippen LogP) is 2.24. The van der Waals surface area contributed by atoms with Crippen molar-refractivity contribution in [3.05, 3.63) is 57.8 Å². The summed E-state index contributed by atoms with van der Waals surface area (Å²) in [6.45, 7) is 3.55. The van der Waals surface area contributed by atoms with Crippen LogP contribution in [0.2, 0.25) is 0 Å². The van der Waals surface area contributed by atoms with Gasteiger partial charge in [0.2, 0.25) is 0 Å². The van der Waals surface area contributed by atoms with Crippen LogP contribution in [0.15, 0.2) is 35.4 Å². The van der Waals surface area contributed by atoms with Gasteiger partial charge in [-0.3, -0.25) is 13.6 Å². The number of ether oxygens (including phenoxy) is 1. The Labute approximate surface area is 161 Å². The van der Waals surface area contributed by atoms with E-state index in [0.29, 0.717) is 5.75 Å². The largest absolute Gasteiger partial charge is 0.530 e. The maximum atomic E-state index is 12.8. The minimum atomic E-state index is -3.83. The number of phosphoric acid groups is 1. The smallest absolute Gasteiger partial charge is 0.403 e. The highest BCUT2D eigenvalue weighted by atomic mass is 31.2. The number of fused-ring (bicyclic) bond motifs is 1. The number of hydrogen-bond acceptors (Lipinski definition) is 8. The van der Waals surface area contributed by atoms with Crippen molar-refractivity contribution in [1.82, 2.24) is 9.55 Å². The summed E-state index contributed by atoms with van der Waals surface area (Å²) in [4.78, 5) is 15.7. The molecule has 0 spiro atoms. The summed E-state index contributed by atoms with van der Waals surface area (Å²) in [5.41, 5.74) is 1.94. The summed E-state index contributed by atoms with van der Waals surface area (Å²) in [7, 11) is -3.83. The minimum Gasteiger partial charge on any atom is -0.403 e. The average molecular weight is 408 g/mol. The first kappa shape index (κ1) is 19.3. The summed E-state index contributed by atoms with van der Waals surface area (Å²) in [6, 6.07) is 5.54. The van der Waals surface area contributed by atoms with Crippen LogP contribution in [0.4, 0.5) is 0 Å². The van der Waals surface area contributed by atoms with Crippen molar-refractivity contribution in [3.8, 4) is 5.75 Å². The van der Waals surface area contributed by atoms with Gasteiger partial charge in [0, 0.05) is 24.4 Å². The Morgan fingerprint density at radius 3 is 3.04 bits per heavy atom. The Bertz CT molecular complexity index is 992. The molecule has 4 rings (SSSR count). The number of nitrogens with zero attached hydrogens (tertiary/aromatic N) is 2. The van der Waals surface area contributed by atoms with Gasteiger partial charge >= 0.3 is 13.5 Å². The molecule has 0 bridgehead atoms. The number of aliphatic hydroxyl groups is 1. The lowest BCUT2D eigenvalue weighted by Gasteiger charge is -2.27. The molecule has 3 heterocycles. The van der Waals surface area contributed by atoms with E-state index in [1.807, 2.05) is 25.1 Å². The van der Waals surface area contributed by atoms with Crippen LogP contribution in [0, 0.1) is 13.8 Å². The fourth-order valence-corrected chi connectivity index (χ4v) is 4.54. The Morgan fingerprint density at radius 1 is 1.39 bits per heavy atom. The van der Waals surface area contributed by atoms with E-state index in [4.69, 9.17) is 18.3 Å². The molecule has 0 amide bonds. The second-order valence-corrected chi connectivity index (χ2v) is 8.52. The molecule has 1 aromatic carbocycles. The molecule has 150 valence electrons. The van der Waals surface area contributed by atoms with Gasteiger partial charge in [-0.15, -0.1) is 0 Å². The number of benzene rings is 1. The van der Waals surface area contributed by atoms with Crippen LogP contribution in [0.3, 0.4) is 0 Å². The van der Waals surface area contributed by atoms with Crippen molar-refractivity contribution in [1.29, 1.82) is 0 Å². The third-order valence-electron chi connectivity index (χ3n) is 4.73. The Morgan fingerprint density at radius 2 is 2.21 bits per heavy atom. The lowest BCUT2D eigenvalue weighted by atomic mass is 10.1. The van der Waals surface area contributed by atoms with E-state index in [9.17, 15) is 14.5 Å². The van der Waals surface area contributed by atoms with Gasteiger partial charge in [-0.2, -0.15) is 0 Å². The highest BCUT2D eigenvalue weighted by Gasteiger charge is 2.40. The first-order valence-corrected chi connectivity index (χ1v) is 10.4. The number of aliphatic hydroxyl groups excluding tert-OH is 1. The van der Waals surface area contributed by atoms with Gasteiger partial charge in [-0.25, -0.2) is 14.3 Å². The van der Waals surface area contributed by atoms with Crippen molar-refractivity contribution >= 4 is 7.82 Å². The molecule has 10 heteroatoms. The van der Waals surface area contributed by atoms with E-state index in [2.05, 4.69) is 4.98 Å². The second-order valence-electron chi connectivity index (χ2n) is 6.92.